The second kappa shape index (κ2) is 5.24. The van der Waals surface area contributed by atoms with Crippen LogP contribution in [0.4, 0.5) is 0 Å². The summed E-state index contributed by atoms with van der Waals surface area (Å²) in [6.07, 6.45) is -1.28. The van der Waals surface area contributed by atoms with Crippen LogP contribution < -0.4 is 5.73 Å². The molecule has 3 nitrogen and oxygen atoms in total. The van der Waals surface area contributed by atoms with Gasteiger partial charge in [-0.1, -0.05) is 60.7 Å². The van der Waals surface area contributed by atoms with Gasteiger partial charge in [-0.2, -0.15) is 0 Å². The Kier molecular flexibility index (Phi) is 3.67. The van der Waals surface area contributed by atoms with Crippen molar-refractivity contribution in [1.82, 2.24) is 0 Å². The van der Waals surface area contributed by atoms with Gasteiger partial charge in [-0.25, -0.2) is 0 Å². The van der Waals surface area contributed by atoms with E-state index in [4.69, 9.17) is 5.73 Å². The van der Waals surface area contributed by atoms with E-state index < -0.39 is 17.4 Å². The van der Waals surface area contributed by atoms with E-state index in [1.165, 1.54) is 0 Å². The number of benzene rings is 2. The Balaban J connectivity index is 2.61. The van der Waals surface area contributed by atoms with Gasteiger partial charge >= 0.3 is 0 Å². The summed E-state index contributed by atoms with van der Waals surface area (Å²) in [6, 6.07) is 18.9. The molecule has 0 radical (unpaired) electrons. The highest BCUT2D eigenvalue weighted by molar-refractivity contribution is 5.81. The first-order valence-corrected chi connectivity index (χ1v) is 6.15. The molecule has 0 aliphatic carbocycles. The zero-order valence-electron chi connectivity index (χ0n) is 10.8. The van der Waals surface area contributed by atoms with Crippen LogP contribution in [0, 0.1) is 0 Å². The lowest BCUT2D eigenvalue weighted by molar-refractivity contribution is -0.128. The largest absolute Gasteiger partial charge is 0.382 e. The van der Waals surface area contributed by atoms with Crippen molar-refractivity contribution in [3.8, 4) is 0 Å². The fraction of sp³-hybridized carbons (Fsp3) is 0.188. The molecule has 0 saturated carbocycles. The summed E-state index contributed by atoms with van der Waals surface area (Å²) in [4.78, 5) is 11.5. The molecule has 2 rings (SSSR count). The summed E-state index contributed by atoms with van der Waals surface area (Å²) in [5, 5.41) is 10.3. The highest BCUT2D eigenvalue weighted by Gasteiger charge is 2.39. The van der Waals surface area contributed by atoms with Crippen molar-refractivity contribution in [3.63, 3.8) is 0 Å². The van der Waals surface area contributed by atoms with Crippen molar-refractivity contribution >= 4 is 5.91 Å². The van der Waals surface area contributed by atoms with Crippen LogP contribution in [0.1, 0.15) is 18.1 Å². The monoisotopic (exact) mass is 255 g/mol. The molecule has 0 aromatic heterocycles. The summed E-state index contributed by atoms with van der Waals surface area (Å²) in [6.45, 7) is 1.83. The minimum Gasteiger partial charge on any atom is -0.382 e. The topological polar surface area (TPSA) is 63.3 Å². The zero-order chi connectivity index (χ0) is 13.9. The van der Waals surface area contributed by atoms with Crippen LogP contribution >= 0.6 is 0 Å². The molecule has 0 spiro atoms. The van der Waals surface area contributed by atoms with Gasteiger partial charge in [0.25, 0.3) is 0 Å². The third kappa shape index (κ3) is 2.37. The number of carbonyl (C=O) groups is 1. The van der Waals surface area contributed by atoms with Gasteiger partial charge in [0.15, 0.2) is 0 Å². The van der Waals surface area contributed by atoms with Crippen molar-refractivity contribution in [1.29, 1.82) is 0 Å². The third-order valence-corrected chi connectivity index (χ3v) is 3.56. The Morgan fingerprint density at radius 3 is 1.68 bits per heavy atom. The van der Waals surface area contributed by atoms with Crippen LogP contribution in [0.25, 0.3) is 0 Å². The standard InChI is InChI=1S/C16H17NO2/c1-16(14(18)15(17)19,12-8-4-2-5-9-12)13-10-6-3-7-11-13/h2-11,14,18H,1H3,(H2,17,19). The van der Waals surface area contributed by atoms with Gasteiger partial charge in [-0.05, 0) is 18.1 Å². The van der Waals surface area contributed by atoms with Crippen molar-refractivity contribution in [2.24, 2.45) is 5.73 Å². The Labute approximate surface area is 112 Å². The number of hydrogen-bond acceptors (Lipinski definition) is 2. The number of nitrogens with two attached hydrogens (primary N) is 1. The van der Waals surface area contributed by atoms with Gasteiger partial charge in [0.05, 0.1) is 5.41 Å². The minimum absolute atomic E-state index is 0.727. The lowest BCUT2D eigenvalue weighted by Crippen LogP contribution is -2.46. The normalized spacial score (nSPS) is 12.9. The first kappa shape index (κ1) is 13.3. The predicted molar refractivity (Wildman–Crippen MR) is 74.5 cm³/mol. The second-order valence-electron chi connectivity index (χ2n) is 4.74. The maximum Gasteiger partial charge on any atom is 0.247 e. The van der Waals surface area contributed by atoms with Crippen molar-refractivity contribution in [2.45, 2.75) is 18.4 Å². The smallest absolute Gasteiger partial charge is 0.247 e. The van der Waals surface area contributed by atoms with Crippen LogP contribution in [0.5, 0.6) is 0 Å². The van der Waals surface area contributed by atoms with E-state index in [2.05, 4.69) is 0 Å². The number of rotatable bonds is 4. The number of aliphatic hydroxyl groups excluding tert-OH is 1. The Morgan fingerprint density at radius 2 is 1.37 bits per heavy atom. The van der Waals surface area contributed by atoms with Crippen LogP contribution in [0.15, 0.2) is 60.7 Å². The Bertz CT molecular complexity index is 512. The highest BCUT2D eigenvalue weighted by atomic mass is 16.3. The maximum absolute atomic E-state index is 11.5. The summed E-state index contributed by atoms with van der Waals surface area (Å²) in [5.41, 5.74) is 6.16. The predicted octanol–water partition coefficient (Wildman–Crippen LogP) is 1.84. The van der Waals surface area contributed by atoms with E-state index in [1.807, 2.05) is 67.6 Å². The molecule has 2 aromatic carbocycles. The minimum atomic E-state index is -1.28. The first-order valence-electron chi connectivity index (χ1n) is 6.15. The average molecular weight is 255 g/mol. The van der Waals surface area contributed by atoms with Crippen molar-refractivity contribution < 1.29 is 9.90 Å². The van der Waals surface area contributed by atoms with Gasteiger partial charge in [0.2, 0.25) is 5.91 Å². The molecule has 1 amide bonds. The maximum atomic E-state index is 11.5. The van der Waals surface area contributed by atoms with Crippen LogP contribution in [0.3, 0.4) is 0 Å². The molecule has 1 atom stereocenters. The number of primary amides is 1. The first-order chi connectivity index (χ1) is 9.06. The van der Waals surface area contributed by atoms with Gasteiger partial charge < -0.3 is 10.8 Å². The number of amides is 1. The van der Waals surface area contributed by atoms with Gasteiger partial charge in [-0.3, -0.25) is 4.79 Å². The molecule has 0 aliphatic rings. The molecule has 98 valence electrons. The fourth-order valence-corrected chi connectivity index (χ4v) is 2.34. The van der Waals surface area contributed by atoms with E-state index in [0.29, 0.717) is 0 Å². The van der Waals surface area contributed by atoms with E-state index in [1.54, 1.807) is 0 Å². The van der Waals surface area contributed by atoms with E-state index in [-0.39, 0.29) is 0 Å². The summed E-state index contributed by atoms with van der Waals surface area (Å²) >= 11 is 0. The number of carbonyl (C=O) groups excluding carboxylic acids is 1. The quantitative estimate of drug-likeness (QED) is 0.875. The van der Waals surface area contributed by atoms with Crippen molar-refractivity contribution in [2.75, 3.05) is 0 Å². The molecule has 0 saturated heterocycles. The summed E-state index contributed by atoms with van der Waals surface area (Å²) < 4.78 is 0. The lowest BCUT2D eigenvalue weighted by atomic mass is 9.71. The Morgan fingerprint density at radius 1 is 1.00 bits per heavy atom. The average Bonchev–Trinajstić information content (AvgIpc) is 2.47. The molecule has 3 N–H and O–H groups in total. The molecule has 3 heteroatoms. The van der Waals surface area contributed by atoms with E-state index >= 15 is 0 Å². The molecule has 0 heterocycles. The molecule has 2 aromatic rings. The summed E-state index contributed by atoms with van der Waals surface area (Å²) in [7, 11) is 0. The lowest BCUT2D eigenvalue weighted by Gasteiger charge is -2.34. The molecule has 0 bridgehead atoms. The van der Waals surface area contributed by atoms with Gasteiger partial charge in [0.1, 0.15) is 6.10 Å². The second-order valence-corrected chi connectivity index (χ2v) is 4.74. The van der Waals surface area contributed by atoms with Crippen LogP contribution in [-0.4, -0.2) is 17.1 Å². The molecular weight excluding hydrogens is 238 g/mol. The number of aliphatic hydroxyl groups is 1. The highest BCUT2D eigenvalue weighted by Crippen LogP contribution is 2.35. The van der Waals surface area contributed by atoms with Crippen LogP contribution in [0.2, 0.25) is 0 Å². The molecule has 19 heavy (non-hydrogen) atoms. The van der Waals surface area contributed by atoms with Crippen molar-refractivity contribution in [3.05, 3.63) is 71.8 Å². The number of hydrogen-bond donors (Lipinski definition) is 2. The molecular formula is C16H17NO2. The van der Waals surface area contributed by atoms with Crippen LogP contribution in [-0.2, 0) is 10.2 Å². The fourth-order valence-electron chi connectivity index (χ4n) is 2.34. The van der Waals surface area contributed by atoms with E-state index in [0.717, 1.165) is 11.1 Å². The SMILES string of the molecule is CC(c1ccccc1)(c1ccccc1)C(O)C(N)=O. The molecule has 1 unspecified atom stereocenters. The van der Waals surface area contributed by atoms with Gasteiger partial charge in [-0.15, -0.1) is 0 Å². The van der Waals surface area contributed by atoms with E-state index in [9.17, 15) is 9.90 Å². The van der Waals surface area contributed by atoms with Gasteiger partial charge in [0, 0.05) is 0 Å². The third-order valence-electron chi connectivity index (χ3n) is 3.56. The Hall–Kier alpha value is -2.13. The zero-order valence-corrected chi connectivity index (χ0v) is 10.8. The molecule has 0 aliphatic heterocycles. The molecule has 0 fully saturated rings. The summed E-state index contributed by atoms with van der Waals surface area (Å²) in [5.74, 6) is -0.727.